The van der Waals surface area contributed by atoms with Crippen LogP contribution < -0.4 is 5.73 Å². The minimum absolute atomic E-state index is 0.317. The van der Waals surface area contributed by atoms with E-state index in [0.717, 1.165) is 38.6 Å². The molecule has 1 aliphatic heterocycles. The lowest BCUT2D eigenvalue weighted by Crippen LogP contribution is -2.51. The van der Waals surface area contributed by atoms with Crippen molar-refractivity contribution < 1.29 is 4.79 Å². The van der Waals surface area contributed by atoms with Gasteiger partial charge in [0.2, 0.25) is 5.91 Å². The second-order valence-corrected chi connectivity index (χ2v) is 7.29. The van der Waals surface area contributed by atoms with E-state index in [1.807, 2.05) is 0 Å². The first-order chi connectivity index (χ1) is 10.1. The van der Waals surface area contributed by atoms with Gasteiger partial charge in [-0.25, -0.2) is 0 Å². The van der Waals surface area contributed by atoms with E-state index in [1.54, 1.807) is 0 Å². The molecule has 2 N–H and O–H groups in total. The third kappa shape index (κ3) is 4.96. The molecule has 4 heteroatoms. The smallest absolute Gasteiger partial charge is 0.222 e. The Hall–Kier alpha value is -0.610. The van der Waals surface area contributed by atoms with E-state index in [1.165, 1.54) is 25.7 Å². The van der Waals surface area contributed by atoms with Crippen LogP contribution >= 0.6 is 0 Å². The topological polar surface area (TPSA) is 49.6 Å². The van der Waals surface area contributed by atoms with Crippen molar-refractivity contribution in [2.45, 2.75) is 58.4 Å². The second-order valence-electron chi connectivity index (χ2n) is 7.29. The van der Waals surface area contributed by atoms with E-state index in [0.29, 0.717) is 30.7 Å². The van der Waals surface area contributed by atoms with Crippen molar-refractivity contribution in [3.63, 3.8) is 0 Å². The van der Waals surface area contributed by atoms with Crippen molar-refractivity contribution in [1.82, 2.24) is 9.80 Å². The molecule has 1 saturated heterocycles. The lowest BCUT2D eigenvalue weighted by atomic mass is 9.93. The van der Waals surface area contributed by atoms with E-state index >= 15 is 0 Å². The molecule has 1 amide bonds. The molecule has 1 aliphatic carbocycles. The third-order valence-corrected chi connectivity index (χ3v) is 5.11. The zero-order valence-electron chi connectivity index (χ0n) is 13.9. The molecule has 122 valence electrons. The van der Waals surface area contributed by atoms with Crippen LogP contribution in [0, 0.1) is 11.8 Å². The molecule has 0 aromatic carbocycles. The van der Waals surface area contributed by atoms with Crippen LogP contribution in [0.25, 0.3) is 0 Å². The summed E-state index contributed by atoms with van der Waals surface area (Å²) >= 11 is 0. The van der Waals surface area contributed by atoms with Crippen molar-refractivity contribution in [2.75, 3.05) is 32.7 Å². The third-order valence-electron chi connectivity index (χ3n) is 5.11. The van der Waals surface area contributed by atoms with Gasteiger partial charge < -0.3 is 10.6 Å². The van der Waals surface area contributed by atoms with Gasteiger partial charge in [-0.1, -0.05) is 26.7 Å². The minimum Gasteiger partial charge on any atom is -0.340 e. The Morgan fingerprint density at radius 1 is 1.14 bits per heavy atom. The molecule has 21 heavy (non-hydrogen) atoms. The molecule has 4 nitrogen and oxygen atoms in total. The number of carbonyl (C=O) groups is 1. The van der Waals surface area contributed by atoms with Crippen LogP contribution in [0.5, 0.6) is 0 Å². The minimum atomic E-state index is 0.317. The van der Waals surface area contributed by atoms with E-state index in [-0.39, 0.29) is 0 Å². The molecule has 1 heterocycles. The van der Waals surface area contributed by atoms with Crippen LogP contribution in [0.1, 0.15) is 52.4 Å². The molecule has 2 rings (SSSR count). The maximum Gasteiger partial charge on any atom is 0.222 e. The summed E-state index contributed by atoms with van der Waals surface area (Å²) in [5, 5.41) is 0. The predicted octanol–water partition coefficient (Wildman–Crippen LogP) is 2.08. The Kier molecular flexibility index (Phi) is 6.49. The van der Waals surface area contributed by atoms with Gasteiger partial charge in [0.1, 0.15) is 0 Å². The first kappa shape index (κ1) is 16.8. The van der Waals surface area contributed by atoms with Crippen molar-refractivity contribution in [3.8, 4) is 0 Å². The molecule has 2 fully saturated rings. The number of piperazine rings is 1. The Morgan fingerprint density at radius 2 is 1.76 bits per heavy atom. The summed E-state index contributed by atoms with van der Waals surface area (Å²) in [6.07, 6.45) is 7.19. The summed E-state index contributed by atoms with van der Waals surface area (Å²) in [6, 6.07) is 0.792. The van der Waals surface area contributed by atoms with Crippen LogP contribution in [-0.2, 0) is 4.79 Å². The number of hydrogen-bond donors (Lipinski definition) is 1. The van der Waals surface area contributed by atoms with Gasteiger partial charge in [0.05, 0.1) is 0 Å². The second kappa shape index (κ2) is 8.14. The van der Waals surface area contributed by atoms with Crippen molar-refractivity contribution in [3.05, 3.63) is 0 Å². The summed E-state index contributed by atoms with van der Waals surface area (Å²) in [4.78, 5) is 17.1. The van der Waals surface area contributed by atoms with Crippen LogP contribution in [0.2, 0.25) is 0 Å². The molecule has 2 aliphatic rings. The Labute approximate surface area is 130 Å². The monoisotopic (exact) mass is 295 g/mol. The molecule has 0 aromatic rings. The SMILES string of the molecule is CC(C)CC(CN)CC(=O)N1CCN(C2CCCC2)CC1. The molecular formula is C17H33N3O. The quantitative estimate of drug-likeness (QED) is 0.816. The fourth-order valence-electron chi connectivity index (χ4n) is 3.91. The van der Waals surface area contributed by atoms with E-state index in [9.17, 15) is 4.79 Å². The lowest BCUT2D eigenvalue weighted by Gasteiger charge is -2.38. The van der Waals surface area contributed by atoms with Gasteiger partial charge in [-0.15, -0.1) is 0 Å². The fourth-order valence-corrected chi connectivity index (χ4v) is 3.91. The lowest BCUT2D eigenvalue weighted by molar-refractivity contribution is -0.134. The highest BCUT2D eigenvalue weighted by Gasteiger charge is 2.28. The molecule has 0 radical (unpaired) electrons. The molecule has 1 saturated carbocycles. The van der Waals surface area contributed by atoms with Gasteiger partial charge in [-0.3, -0.25) is 9.69 Å². The first-order valence-electron chi connectivity index (χ1n) is 8.82. The largest absolute Gasteiger partial charge is 0.340 e. The number of amides is 1. The average Bonchev–Trinajstić information content (AvgIpc) is 3.00. The van der Waals surface area contributed by atoms with Crippen LogP contribution in [0.3, 0.4) is 0 Å². The fraction of sp³-hybridized carbons (Fsp3) is 0.941. The van der Waals surface area contributed by atoms with Gasteiger partial charge in [0.15, 0.2) is 0 Å². The van der Waals surface area contributed by atoms with Crippen molar-refractivity contribution in [2.24, 2.45) is 17.6 Å². The van der Waals surface area contributed by atoms with E-state index in [2.05, 4.69) is 23.6 Å². The summed E-state index contributed by atoms with van der Waals surface area (Å²) in [6.45, 7) is 8.98. The highest BCUT2D eigenvalue weighted by molar-refractivity contribution is 5.76. The maximum atomic E-state index is 12.4. The number of carbonyl (C=O) groups excluding carboxylic acids is 1. The Bertz CT molecular complexity index is 318. The van der Waals surface area contributed by atoms with Crippen molar-refractivity contribution >= 4 is 5.91 Å². The molecule has 1 unspecified atom stereocenters. The molecule has 0 bridgehead atoms. The van der Waals surface area contributed by atoms with Gasteiger partial charge in [0.25, 0.3) is 0 Å². The van der Waals surface area contributed by atoms with E-state index in [4.69, 9.17) is 5.73 Å². The molecule has 0 aromatic heterocycles. The summed E-state index contributed by atoms with van der Waals surface area (Å²) < 4.78 is 0. The van der Waals surface area contributed by atoms with Gasteiger partial charge in [-0.05, 0) is 37.6 Å². The summed E-state index contributed by atoms with van der Waals surface area (Å²) in [7, 11) is 0. The number of rotatable bonds is 6. The Morgan fingerprint density at radius 3 is 2.29 bits per heavy atom. The van der Waals surface area contributed by atoms with Gasteiger partial charge in [0, 0.05) is 38.6 Å². The van der Waals surface area contributed by atoms with Gasteiger partial charge >= 0.3 is 0 Å². The van der Waals surface area contributed by atoms with Gasteiger partial charge in [-0.2, -0.15) is 0 Å². The summed E-state index contributed by atoms with van der Waals surface area (Å²) in [5.41, 5.74) is 5.82. The number of nitrogens with zero attached hydrogens (tertiary/aromatic N) is 2. The predicted molar refractivity (Wildman–Crippen MR) is 87.0 cm³/mol. The van der Waals surface area contributed by atoms with E-state index < -0.39 is 0 Å². The summed E-state index contributed by atoms with van der Waals surface area (Å²) in [5.74, 6) is 1.29. The average molecular weight is 295 g/mol. The normalized spacial score (nSPS) is 23.0. The number of nitrogens with two attached hydrogens (primary N) is 1. The Balaban J connectivity index is 1.74. The standard InChI is InChI=1S/C17H33N3O/c1-14(2)11-15(13-18)12-17(21)20-9-7-19(8-10-20)16-5-3-4-6-16/h14-16H,3-13,18H2,1-2H3. The zero-order chi connectivity index (χ0) is 15.2. The number of hydrogen-bond acceptors (Lipinski definition) is 3. The van der Waals surface area contributed by atoms with Crippen LogP contribution in [-0.4, -0.2) is 54.5 Å². The maximum absolute atomic E-state index is 12.4. The molecule has 0 spiro atoms. The first-order valence-corrected chi connectivity index (χ1v) is 8.82. The van der Waals surface area contributed by atoms with Crippen LogP contribution in [0.15, 0.2) is 0 Å². The molecule has 1 atom stereocenters. The zero-order valence-corrected chi connectivity index (χ0v) is 13.9. The highest BCUT2D eigenvalue weighted by Crippen LogP contribution is 2.24. The highest BCUT2D eigenvalue weighted by atomic mass is 16.2. The van der Waals surface area contributed by atoms with Crippen LogP contribution in [0.4, 0.5) is 0 Å². The van der Waals surface area contributed by atoms with Crippen molar-refractivity contribution in [1.29, 1.82) is 0 Å². The molecular weight excluding hydrogens is 262 g/mol.